The zero-order chi connectivity index (χ0) is 22.0. The Hall–Kier alpha value is -3.41. The van der Waals surface area contributed by atoms with Gasteiger partial charge in [-0.2, -0.15) is 5.26 Å². The number of fused-ring (bicyclic) bond motifs is 1. The number of hydrogen-bond donors (Lipinski definition) is 2. The Balaban J connectivity index is 1.40. The highest BCUT2D eigenvalue weighted by Gasteiger charge is 2.44. The molecule has 1 aliphatic carbocycles. The van der Waals surface area contributed by atoms with Gasteiger partial charge in [-0.05, 0) is 55.2 Å². The monoisotopic (exact) mass is 424 g/mol. The van der Waals surface area contributed by atoms with Crippen LogP contribution in [-0.4, -0.2) is 35.2 Å². The van der Waals surface area contributed by atoms with E-state index < -0.39 is 17.7 Å². The molecule has 160 valence electrons. The summed E-state index contributed by atoms with van der Waals surface area (Å²) in [5.41, 5.74) is 0.372. The Morgan fingerprint density at radius 1 is 1.32 bits per heavy atom. The predicted molar refractivity (Wildman–Crippen MR) is 109 cm³/mol. The molecule has 0 radical (unpaired) electrons. The Bertz CT molecular complexity index is 1020. The van der Waals surface area contributed by atoms with Crippen molar-refractivity contribution in [3.63, 3.8) is 0 Å². The number of benzene rings is 1. The first-order valence-electron chi connectivity index (χ1n) is 10.2. The van der Waals surface area contributed by atoms with Gasteiger partial charge in [0.25, 0.3) is 0 Å². The molecule has 0 bridgehead atoms. The van der Waals surface area contributed by atoms with Crippen molar-refractivity contribution in [1.29, 1.82) is 10.7 Å². The molecule has 1 aromatic heterocycles. The number of nitrogens with one attached hydrogen (secondary N) is 2. The summed E-state index contributed by atoms with van der Waals surface area (Å²) in [7, 11) is 0. The number of amides is 1. The van der Waals surface area contributed by atoms with Crippen LogP contribution in [0.15, 0.2) is 30.5 Å². The minimum absolute atomic E-state index is 0.0516. The first-order valence-corrected chi connectivity index (χ1v) is 10.2. The van der Waals surface area contributed by atoms with Crippen molar-refractivity contribution in [2.24, 2.45) is 17.8 Å². The highest BCUT2D eigenvalue weighted by molar-refractivity contribution is 5.80. The summed E-state index contributed by atoms with van der Waals surface area (Å²) < 4.78 is 27.8. The molecule has 4 rings (SSSR count). The van der Waals surface area contributed by atoms with Crippen molar-refractivity contribution < 1.29 is 13.6 Å². The number of hydrogen-bond acceptors (Lipinski definition) is 6. The molecule has 3 unspecified atom stereocenters. The van der Waals surface area contributed by atoms with E-state index >= 15 is 0 Å². The molecule has 1 aromatic carbocycles. The molecule has 2 heterocycles. The van der Waals surface area contributed by atoms with Crippen molar-refractivity contribution in [3.05, 3.63) is 53.4 Å². The van der Waals surface area contributed by atoms with Crippen LogP contribution in [0.4, 0.5) is 14.7 Å². The quantitative estimate of drug-likeness (QED) is 0.694. The van der Waals surface area contributed by atoms with E-state index in [0.717, 1.165) is 24.4 Å². The molecule has 2 N–H and O–H groups in total. The van der Waals surface area contributed by atoms with E-state index in [1.165, 1.54) is 0 Å². The molecule has 1 saturated carbocycles. The van der Waals surface area contributed by atoms with E-state index in [0.29, 0.717) is 49.4 Å². The molecule has 1 amide bonds. The molecule has 31 heavy (non-hydrogen) atoms. The Labute approximate surface area is 178 Å². The van der Waals surface area contributed by atoms with Gasteiger partial charge in [-0.1, -0.05) is 0 Å². The van der Waals surface area contributed by atoms with Crippen LogP contribution in [0.2, 0.25) is 0 Å². The second kappa shape index (κ2) is 8.76. The van der Waals surface area contributed by atoms with Crippen molar-refractivity contribution in [3.8, 4) is 6.07 Å². The number of nitriles is 1. The number of aromatic nitrogens is 2. The fourth-order valence-electron chi connectivity index (χ4n) is 4.69. The molecule has 1 aliphatic heterocycles. The highest BCUT2D eigenvalue weighted by atomic mass is 19.1. The summed E-state index contributed by atoms with van der Waals surface area (Å²) in [6.07, 6.45) is 4.12. The third-order valence-electron chi connectivity index (χ3n) is 6.17. The number of rotatable bonds is 6. The Morgan fingerprint density at radius 2 is 2.06 bits per heavy atom. The lowest BCUT2D eigenvalue weighted by Gasteiger charge is -2.22. The van der Waals surface area contributed by atoms with Gasteiger partial charge in [-0.3, -0.25) is 4.79 Å². The average molecular weight is 424 g/mol. The summed E-state index contributed by atoms with van der Waals surface area (Å²) >= 11 is 0. The van der Waals surface area contributed by atoms with E-state index in [4.69, 9.17) is 10.7 Å². The van der Waals surface area contributed by atoms with Gasteiger partial charge in [0.1, 0.15) is 23.4 Å². The second-order valence-corrected chi connectivity index (χ2v) is 8.11. The van der Waals surface area contributed by atoms with Crippen LogP contribution in [0.3, 0.4) is 0 Å². The van der Waals surface area contributed by atoms with Gasteiger partial charge in [0, 0.05) is 37.2 Å². The number of anilines is 1. The summed E-state index contributed by atoms with van der Waals surface area (Å²) in [5.74, 6) is -0.463. The summed E-state index contributed by atoms with van der Waals surface area (Å²) in [6.45, 7) is 1.43. The topological polar surface area (TPSA) is 106 Å². The maximum Gasteiger partial charge on any atom is 0.226 e. The van der Waals surface area contributed by atoms with E-state index in [2.05, 4.69) is 15.3 Å². The van der Waals surface area contributed by atoms with Crippen molar-refractivity contribution in [2.45, 2.75) is 25.3 Å². The molecule has 3 atom stereocenters. The molecule has 1 saturated heterocycles. The zero-order valence-electron chi connectivity index (χ0n) is 16.8. The maximum atomic E-state index is 14.2. The van der Waals surface area contributed by atoms with Crippen LogP contribution in [0.5, 0.6) is 0 Å². The van der Waals surface area contributed by atoms with Gasteiger partial charge in [0.2, 0.25) is 11.9 Å². The molecule has 2 aliphatic rings. The Morgan fingerprint density at radius 3 is 2.74 bits per heavy atom. The van der Waals surface area contributed by atoms with Crippen LogP contribution in [0.1, 0.15) is 36.6 Å². The fraction of sp³-hybridized carbons (Fsp3) is 0.409. The highest BCUT2D eigenvalue weighted by Crippen LogP contribution is 2.42. The van der Waals surface area contributed by atoms with E-state index in [1.807, 2.05) is 11.0 Å². The Kier molecular flexibility index (Phi) is 5.89. The third-order valence-corrected chi connectivity index (χ3v) is 6.17. The van der Waals surface area contributed by atoms with E-state index in [9.17, 15) is 13.6 Å². The summed E-state index contributed by atoms with van der Waals surface area (Å²) in [6, 6.07) is 5.93. The normalized spacial score (nSPS) is 23.1. The standard InChI is InChI=1S/C22H22F2N6O/c23-16-1-2-19(24)18(9-16)20(3-5-25)29-21(31)13-7-14-11-30(12-15(14)8-13)22-27-6-4-17(10-26)28-22/h1-2,4-6,9,13-15,20,25H,3,7-8,11-12H2,(H,29,31). The van der Waals surface area contributed by atoms with Crippen molar-refractivity contribution in [2.75, 3.05) is 18.0 Å². The molecule has 0 spiro atoms. The molecule has 7 nitrogen and oxygen atoms in total. The molecule has 2 fully saturated rings. The predicted octanol–water partition coefficient (Wildman–Crippen LogP) is 2.99. The van der Waals surface area contributed by atoms with Crippen LogP contribution >= 0.6 is 0 Å². The van der Waals surface area contributed by atoms with Gasteiger partial charge in [-0.25, -0.2) is 18.7 Å². The van der Waals surface area contributed by atoms with E-state index in [1.54, 1.807) is 12.3 Å². The SMILES string of the molecule is N#Cc1ccnc(N2CC3CC(C(=O)NC(CC=N)c4cc(F)ccc4F)CC3C2)n1. The van der Waals surface area contributed by atoms with Gasteiger partial charge in [0.05, 0.1) is 6.04 Å². The largest absolute Gasteiger partial charge is 0.349 e. The molecule has 2 aromatic rings. The van der Waals surface area contributed by atoms with Crippen LogP contribution in [0.25, 0.3) is 0 Å². The lowest BCUT2D eigenvalue weighted by Crippen LogP contribution is -2.35. The smallest absolute Gasteiger partial charge is 0.226 e. The molecule has 9 heteroatoms. The van der Waals surface area contributed by atoms with Gasteiger partial charge in [0.15, 0.2) is 0 Å². The first-order chi connectivity index (χ1) is 15.0. The van der Waals surface area contributed by atoms with Gasteiger partial charge in [-0.15, -0.1) is 0 Å². The van der Waals surface area contributed by atoms with Crippen molar-refractivity contribution in [1.82, 2.24) is 15.3 Å². The maximum absolute atomic E-state index is 14.2. The lowest BCUT2D eigenvalue weighted by atomic mass is 10.00. The second-order valence-electron chi connectivity index (χ2n) is 8.11. The van der Waals surface area contributed by atoms with E-state index in [-0.39, 0.29) is 23.8 Å². The summed E-state index contributed by atoms with van der Waals surface area (Å²) in [4.78, 5) is 23.4. The van der Waals surface area contributed by atoms with Gasteiger partial charge >= 0.3 is 0 Å². The fourth-order valence-corrected chi connectivity index (χ4v) is 4.69. The van der Waals surface area contributed by atoms with Crippen LogP contribution in [0, 0.1) is 46.1 Å². The zero-order valence-corrected chi connectivity index (χ0v) is 16.8. The van der Waals surface area contributed by atoms with Crippen LogP contribution < -0.4 is 10.2 Å². The summed E-state index contributed by atoms with van der Waals surface area (Å²) in [5, 5.41) is 19.2. The van der Waals surface area contributed by atoms with Crippen LogP contribution in [-0.2, 0) is 4.79 Å². The minimum Gasteiger partial charge on any atom is -0.349 e. The lowest BCUT2D eigenvalue weighted by molar-refractivity contribution is -0.125. The third kappa shape index (κ3) is 4.38. The van der Waals surface area contributed by atoms with Crippen molar-refractivity contribution >= 4 is 18.1 Å². The van der Waals surface area contributed by atoms with Gasteiger partial charge < -0.3 is 15.6 Å². The number of nitrogens with zero attached hydrogens (tertiary/aromatic N) is 4. The minimum atomic E-state index is -0.778. The molecular formula is C22H22F2N6O. The number of carbonyl (C=O) groups is 1. The number of carbonyl (C=O) groups excluding carboxylic acids is 1. The molecular weight excluding hydrogens is 402 g/mol. The average Bonchev–Trinajstić information content (AvgIpc) is 3.35. The first kappa shape index (κ1) is 20.8. The number of halogens is 2.